The maximum Gasteiger partial charge on any atom is 0.335 e. The summed E-state index contributed by atoms with van der Waals surface area (Å²) in [5, 5.41) is 15.2. The molecule has 112 valence electrons. The fourth-order valence-corrected chi connectivity index (χ4v) is 3.14. The van der Waals surface area contributed by atoms with Gasteiger partial charge in [0.15, 0.2) is 0 Å². The van der Waals surface area contributed by atoms with Crippen molar-refractivity contribution in [3.05, 3.63) is 62.7 Å². The van der Waals surface area contributed by atoms with Crippen molar-refractivity contribution >= 4 is 44.4 Å². The van der Waals surface area contributed by atoms with E-state index >= 15 is 0 Å². The maximum atomic E-state index is 11.2. The van der Waals surface area contributed by atoms with Gasteiger partial charge in [0.05, 0.1) is 23.3 Å². The highest BCUT2D eigenvalue weighted by molar-refractivity contribution is 9.10. The molecule has 1 aromatic heterocycles. The van der Waals surface area contributed by atoms with Crippen LogP contribution in [0, 0.1) is 6.92 Å². The summed E-state index contributed by atoms with van der Waals surface area (Å²) in [4.78, 5) is 11.2. The van der Waals surface area contributed by atoms with Crippen LogP contribution in [0.5, 0.6) is 0 Å². The Hall–Kier alpha value is -1.85. The Morgan fingerprint density at radius 2 is 2.09 bits per heavy atom. The number of hydrogen-bond acceptors (Lipinski definition) is 2. The first kappa shape index (κ1) is 15.1. The third-order valence-electron chi connectivity index (χ3n) is 3.52. The van der Waals surface area contributed by atoms with Crippen LogP contribution in [0.15, 0.2) is 40.9 Å². The van der Waals surface area contributed by atoms with Gasteiger partial charge in [-0.1, -0.05) is 39.7 Å². The van der Waals surface area contributed by atoms with E-state index in [9.17, 15) is 4.79 Å². The lowest BCUT2D eigenvalue weighted by molar-refractivity contribution is 0.0697. The molecule has 3 aromatic rings. The molecule has 6 heteroatoms. The summed E-state index contributed by atoms with van der Waals surface area (Å²) < 4.78 is 2.70. The second kappa shape index (κ2) is 5.74. The lowest BCUT2D eigenvalue weighted by atomic mass is 10.1. The molecule has 0 fully saturated rings. The minimum Gasteiger partial charge on any atom is -0.478 e. The van der Waals surface area contributed by atoms with Gasteiger partial charge >= 0.3 is 5.97 Å². The zero-order valence-electron chi connectivity index (χ0n) is 11.7. The smallest absolute Gasteiger partial charge is 0.335 e. The molecule has 0 unspecified atom stereocenters. The molecule has 3 rings (SSSR count). The zero-order chi connectivity index (χ0) is 15.9. The van der Waals surface area contributed by atoms with Gasteiger partial charge in [0.2, 0.25) is 0 Å². The molecule has 0 aliphatic heterocycles. The van der Waals surface area contributed by atoms with E-state index in [1.54, 1.807) is 22.9 Å². The quantitative estimate of drug-likeness (QED) is 0.728. The molecule has 0 aliphatic carbocycles. The summed E-state index contributed by atoms with van der Waals surface area (Å²) in [7, 11) is 0. The maximum absolute atomic E-state index is 11.2. The second-order valence-corrected chi connectivity index (χ2v) is 6.34. The molecular weight excluding hydrogens is 368 g/mol. The van der Waals surface area contributed by atoms with Gasteiger partial charge in [-0.05, 0) is 36.8 Å². The van der Waals surface area contributed by atoms with E-state index in [0.717, 1.165) is 26.6 Å². The predicted octanol–water partition coefficient (Wildman–Crippen LogP) is 4.51. The fourth-order valence-electron chi connectivity index (χ4n) is 2.40. The lowest BCUT2D eigenvalue weighted by Gasteiger charge is -2.07. The first-order valence-electron chi connectivity index (χ1n) is 6.60. The number of aromatic nitrogens is 2. The fraction of sp³-hybridized carbons (Fsp3) is 0.125. The van der Waals surface area contributed by atoms with E-state index in [1.165, 1.54) is 0 Å². The Kier molecular flexibility index (Phi) is 3.93. The molecule has 4 nitrogen and oxygen atoms in total. The van der Waals surface area contributed by atoms with Crippen molar-refractivity contribution in [3.8, 4) is 0 Å². The number of aryl methyl sites for hydroxylation is 1. The van der Waals surface area contributed by atoms with Crippen LogP contribution in [0.3, 0.4) is 0 Å². The summed E-state index contributed by atoms with van der Waals surface area (Å²) in [5.74, 6) is -0.950. The molecule has 0 atom stereocenters. The number of rotatable bonds is 3. The number of aromatic carboxylic acids is 1. The Labute approximate surface area is 140 Å². The molecule has 22 heavy (non-hydrogen) atoms. The average molecular weight is 380 g/mol. The van der Waals surface area contributed by atoms with Crippen molar-refractivity contribution in [2.24, 2.45) is 0 Å². The van der Waals surface area contributed by atoms with Gasteiger partial charge in [0.1, 0.15) is 0 Å². The highest BCUT2D eigenvalue weighted by Crippen LogP contribution is 2.25. The van der Waals surface area contributed by atoms with Crippen LogP contribution >= 0.6 is 27.5 Å². The lowest BCUT2D eigenvalue weighted by Crippen LogP contribution is -2.03. The van der Waals surface area contributed by atoms with Crippen molar-refractivity contribution in [1.82, 2.24) is 9.78 Å². The third kappa shape index (κ3) is 2.74. The number of hydrogen-bond donors (Lipinski definition) is 1. The van der Waals surface area contributed by atoms with Crippen molar-refractivity contribution in [2.45, 2.75) is 13.5 Å². The number of benzene rings is 2. The first-order valence-corrected chi connectivity index (χ1v) is 7.77. The van der Waals surface area contributed by atoms with Crippen molar-refractivity contribution in [2.75, 3.05) is 0 Å². The number of halogens is 2. The Bertz CT molecular complexity index is 889. The Balaban J connectivity index is 2.10. The summed E-state index contributed by atoms with van der Waals surface area (Å²) in [5.41, 5.74) is 2.82. The normalized spacial score (nSPS) is 11.0. The molecule has 1 heterocycles. The average Bonchev–Trinajstić information content (AvgIpc) is 2.78. The molecule has 0 amide bonds. The van der Waals surface area contributed by atoms with Gasteiger partial charge in [-0.25, -0.2) is 4.79 Å². The molecule has 0 spiro atoms. The van der Waals surface area contributed by atoms with Gasteiger partial charge in [-0.15, -0.1) is 0 Å². The van der Waals surface area contributed by atoms with Crippen LogP contribution in [0.1, 0.15) is 21.6 Å². The second-order valence-electron chi connectivity index (χ2n) is 5.02. The number of carbonyl (C=O) groups is 1. The number of carboxylic acid groups (broad SMARTS) is 1. The SMILES string of the molecule is Cc1nn(Cc2ccc(Br)cc2Cl)c2cc(C(=O)O)ccc12. The van der Waals surface area contributed by atoms with E-state index in [4.69, 9.17) is 16.7 Å². The van der Waals surface area contributed by atoms with E-state index < -0.39 is 5.97 Å². The standard InChI is InChI=1S/C16H12BrClN2O2/c1-9-13-5-3-10(16(21)22)6-15(13)20(19-9)8-11-2-4-12(17)7-14(11)18/h2-7H,8H2,1H3,(H,21,22). The predicted molar refractivity (Wildman–Crippen MR) is 89.7 cm³/mol. The largest absolute Gasteiger partial charge is 0.478 e. The molecule has 2 aromatic carbocycles. The summed E-state index contributed by atoms with van der Waals surface area (Å²) in [6.45, 7) is 2.39. The summed E-state index contributed by atoms with van der Waals surface area (Å²) in [6.07, 6.45) is 0. The van der Waals surface area contributed by atoms with E-state index in [1.807, 2.05) is 25.1 Å². The minimum atomic E-state index is -0.950. The molecule has 0 radical (unpaired) electrons. The summed E-state index contributed by atoms with van der Waals surface area (Å²) >= 11 is 9.63. The van der Waals surface area contributed by atoms with E-state index in [-0.39, 0.29) is 5.56 Å². The summed E-state index contributed by atoms with van der Waals surface area (Å²) in [6, 6.07) is 10.7. The van der Waals surface area contributed by atoms with Crippen LogP contribution in [0.2, 0.25) is 5.02 Å². The van der Waals surface area contributed by atoms with Gasteiger partial charge < -0.3 is 5.11 Å². The molecule has 0 aliphatic rings. The molecular formula is C16H12BrClN2O2. The number of carboxylic acids is 1. The molecule has 0 bridgehead atoms. The monoisotopic (exact) mass is 378 g/mol. The van der Waals surface area contributed by atoms with E-state index in [0.29, 0.717) is 11.6 Å². The van der Waals surface area contributed by atoms with E-state index in [2.05, 4.69) is 21.0 Å². The topological polar surface area (TPSA) is 55.1 Å². The zero-order valence-corrected chi connectivity index (χ0v) is 14.0. The van der Waals surface area contributed by atoms with Crippen LogP contribution < -0.4 is 0 Å². The van der Waals surface area contributed by atoms with Crippen LogP contribution in [0.4, 0.5) is 0 Å². The van der Waals surface area contributed by atoms with Crippen LogP contribution in [0.25, 0.3) is 10.9 Å². The third-order valence-corrected chi connectivity index (χ3v) is 4.36. The molecule has 1 N–H and O–H groups in total. The van der Waals surface area contributed by atoms with Crippen LogP contribution in [-0.2, 0) is 6.54 Å². The van der Waals surface area contributed by atoms with Gasteiger partial charge in [-0.3, -0.25) is 4.68 Å². The first-order chi connectivity index (χ1) is 10.5. The Morgan fingerprint density at radius 3 is 2.77 bits per heavy atom. The molecule has 0 saturated carbocycles. The van der Waals surface area contributed by atoms with Gasteiger partial charge in [0.25, 0.3) is 0 Å². The van der Waals surface area contributed by atoms with Crippen molar-refractivity contribution in [1.29, 1.82) is 0 Å². The Morgan fingerprint density at radius 1 is 1.32 bits per heavy atom. The van der Waals surface area contributed by atoms with Gasteiger partial charge in [0, 0.05) is 14.9 Å². The highest BCUT2D eigenvalue weighted by Gasteiger charge is 2.12. The van der Waals surface area contributed by atoms with Crippen molar-refractivity contribution < 1.29 is 9.90 Å². The van der Waals surface area contributed by atoms with Gasteiger partial charge in [-0.2, -0.15) is 5.10 Å². The molecule has 0 saturated heterocycles. The van der Waals surface area contributed by atoms with Crippen LogP contribution in [-0.4, -0.2) is 20.9 Å². The minimum absolute atomic E-state index is 0.246. The number of nitrogens with zero attached hydrogens (tertiary/aromatic N) is 2. The van der Waals surface area contributed by atoms with Crippen molar-refractivity contribution in [3.63, 3.8) is 0 Å². The number of fused-ring (bicyclic) bond motifs is 1. The highest BCUT2D eigenvalue weighted by atomic mass is 79.9.